The van der Waals surface area contributed by atoms with Crippen LogP contribution < -0.4 is 5.32 Å². The molecule has 2 saturated heterocycles. The molecule has 0 saturated carbocycles. The lowest BCUT2D eigenvalue weighted by Gasteiger charge is -2.39. The highest BCUT2D eigenvalue weighted by Gasteiger charge is 2.43. The average Bonchev–Trinajstić information content (AvgIpc) is 3.35. The minimum absolute atomic E-state index is 0.0693. The SMILES string of the molecule is CC1CCN(C(CNC(=O)C2(c3cccc(C(F)(F)F)c3)CCOCC2)c2cccs2)CC1. The largest absolute Gasteiger partial charge is 0.416 e. The number of halogens is 3. The first kappa shape index (κ1) is 24.2. The van der Waals surface area contributed by atoms with Crippen LogP contribution in [0.5, 0.6) is 0 Å². The summed E-state index contributed by atoms with van der Waals surface area (Å²) in [6, 6.07) is 9.40. The van der Waals surface area contributed by atoms with Crippen LogP contribution in [0.25, 0.3) is 0 Å². The van der Waals surface area contributed by atoms with Gasteiger partial charge in [-0.3, -0.25) is 9.69 Å². The molecule has 3 heterocycles. The lowest BCUT2D eigenvalue weighted by atomic mass is 9.73. The summed E-state index contributed by atoms with van der Waals surface area (Å²) < 4.78 is 45.6. The number of carbonyl (C=O) groups excluding carboxylic acids is 1. The van der Waals surface area contributed by atoms with Gasteiger partial charge >= 0.3 is 6.18 Å². The molecule has 8 heteroatoms. The molecule has 2 aliphatic heterocycles. The number of hydrogen-bond donors (Lipinski definition) is 1. The lowest BCUT2D eigenvalue weighted by molar-refractivity contribution is -0.138. The second-order valence-electron chi connectivity index (χ2n) is 9.23. The Bertz CT molecular complexity index is 918. The van der Waals surface area contributed by atoms with Crippen molar-refractivity contribution in [2.75, 3.05) is 32.8 Å². The Kier molecular flexibility index (Phi) is 7.46. The van der Waals surface area contributed by atoms with Crippen molar-refractivity contribution in [3.63, 3.8) is 0 Å². The van der Waals surface area contributed by atoms with Crippen LogP contribution in [0.2, 0.25) is 0 Å². The molecule has 1 N–H and O–H groups in total. The third-order valence-corrected chi connectivity index (χ3v) is 8.08. The van der Waals surface area contributed by atoms with Gasteiger partial charge in [0.15, 0.2) is 0 Å². The van der Waals surface area contributed by atoms with Crippen molar-refractivity contribution in [3.05, 3.63) is 57.8 Å². The van der Waals surface area contributed by atoms with Crippen LogP contribution in [0.3, 0.4) is 0 Å². The van der Waals surface area contributed by atoms with Gasteiger partial charge in [0, 0.05) is 24.6 Å². The second-order valence-corrected chi connectivity index (χ2v) is 10.2. The number of thiophene rings is 1. The van der Waals surface area contributed by atoms with E-state index in [4.69, 9.17) is 4.74 Å². The Labute approximate surface area is 197 Å². The quantitative estimate of drug-likeness (QED) is 0.602. The van der Waals surface area contributed by atoms with Gasteiger partial charge < -0.3 is 10.1 Å². The fraction of sp³-hybridized carbons (Fsp3) is 0.560. The normalized spacial score (nSPS) is 21.0. The maximum atomic E-state index is 13.6. The van der Waals surface area contributed by atoms with E-state index >= 15 is 0 Å². The molecule has 4 rings (SSSR count). The molecule has 33 heavy (non-hydrogen) atoms. The zero-order valence-corrected chi connectivity index (χ0v) is 19.7. The van der Waals surface area contributed by atoms with Crippen LogP contribution >= 0.6 is 11.3 Å². The van der Waals surface area contributed by atoms with E-state index in [1.54, 1.807) is 17.4 Å². The Morgan fingerprint density at radius 2 is 1.94 bits per heavy atom. The van der Waals surface area contributed by atoms with Crippen molar-refractivity contribution >= 4 is 17.2 Å². The predicted octanol–water partition coefficient (Wildman–Crippen LogP) is 5.40. The molecule has 0 bridgehead atoms. The fourth-order valence-corrected chi connectivity index (χ4v) is 5.81. The monoisotopic (exact) mass is 480 g/mol. The Morgan fingerprint density at radius 3 is 2.58 bits per heavy atom. The summed E-state index contributed by atoms with van der Waals surface area (Å²) in [5, 5.41) is 5.18. The third kappa shape index (κ3) is 5.44. The van der Waals surface area contributed by atoms with Gasteiger partial charge in [0.05, 0.1) is 17.0 Å². The van der Waals surface area contributed by atoms with E-state index in [1.165, 1.54) is 10.9 Å². The number of hydrogen-bond acceptors (Lipinski definition) is 4. The number of amides is 1. The molecule has 2 fully saturated rings. The van der Waals surface area contributed by atoms with Crippen LogP contribution in [-0.4, -0.2) is 43.7 Å². The van der Waals surface area contributed by atoms with Crippen LogP contribution in [0.1, 0.15) is 54.7 Å². The minimum Gasteiger partial charge on any atom is -0.381 e. The summed E-state index contributed by atoms with van der Waals surface area (Å²) in [6.45, 7) is 5.36. The van der Waals surface area contributed by atoms with Crippen LogP contribution in [0.4, 0.5) is 13.2 Å². The highest BCUT2D eigenvalue weighted by Crippen LogP contribution is 2.39. The van der Waals surface area contributed by atoms with Crippen molar-refractivity contribution in [3.8, 4) is 0 Å². The molecular formula is C25H31F3N2O2S. The van der Waals surface area contributed by atoms with Gasteiger partial charge in [-0.1, -0.05) is 31.2 Å². The number of rotatable bonds is 6. The number of alkyl halides is 3. The third-order valence-electron chi connectivity index (χ3n) is 7.11. The first-order valence-electron chi connectivity index (χ1n) is 11.6. The van der Waals surface area contributed by atoms with Crippen molar-refractivity contribution in [2.24, 2.45) is 5.92 Å². The van der Waals surface area contributed by atoms with Gasteiger partial charge in [-0.2, -0.15) is 13.2 Å². The molecule has 0 radical (unpaired) electrons. The van der Waals surface area contributed by atoms with Gasteiger partial charge in [-0.15, -0.1) is 11.3 Å². The Hall–Kier alpha value is -1.90. The predicted molar refractivity (Wildman–Crippen MR) is 123 cm³/mol. The maximum absolute atomic E-state index is 13.6. The van der Waals surface area contributed by atoms with E-state index in [9.17, 15) is 18.0 Å². The number of nitrogens with one attached hydrogen (secondary N) is 1. The van der Waals surface area contributed by atoms with Gasteiger partial charge in [0.2, 0.25) is 5.91 Å². The summed E-state index contributed by atoms with van der Waals surface area (Å²) >= 11 is 1.67. The number of carbonyl (C=O) groups is 1. The number of ether oxygens (including phenoxy) is 1. The summed E-state index contributed by atoms with van der Waals surface area (Å²) in [5.41, 5.74) is -1.33. The molecule has 180 valence electrons. The molecule has 2 aromatic rings. The molecule has 2 aliphatic rings. The fourth-order valence-electron chi connectivity index (χ4n) is 4.95. The van der Waals surface area contributed by atoms with Crippen molar-refractivity contribution in [1.82, 2.24) is 10.2 Å². The molecular weight excluding hydrogens is 449 g/mol. The number of nitrogens with zero attached hydrogens (tertiary/aromatic N) is 1. The molecule has 0 spiro atoms. The first-order chi connectivity index (χ1) is 15.8. The molecule has 1 aromatic carbocycles. The Balaban J connectivity index is 1.56. The van der Waals surface area contributed by atoms with Crippen molar-refractivity contribution in [1.29, 1.82) is 0 Å². The van der Waals surface area contributed by atoms with Gasteiger partial charge in [0.25, 0.3) is 0 Å². The zero-order valence-electron chi connectivity index (χ0n) is 18.9. The van der Waals surface area contributed by atoms with E-state index in [0.29, 0.717) is 44.1 Å². The summed E-state index contributed by atoms with van der Waals surface area (Å²) in [4.78, 5) is 17.3. The molecule has 1 aromatic heterocycles. The maximum Gasteiger partial charge on any atom is 0.416 e. The number of piperidine rings is 1. The topological polar surface area (TPSA) is 41.6 Å². The summed E-state index contributed by atoms with van der Waals surface area (Å²) in [5.74, 6) is 0.489. The molecule has 1 amide bonds. The van der Waals surface area contributed by atoms with E-state index in [-0.39, 0.29) is 11.9 Å². The summed E-state index contributed by atoms with van der Waals surface area (Å²) in [7, 11) is 0. The number of benzene rings is 1. The van der Waals surface area contributed by atoms with E-state index < -0.39 is 17.2 Å². The van der Waals surface area contributed by atoms with Crippen LogP contribution in [-0.2, 0) is 21.1 Å². The molecule has 1 unspecified atom stereocenters. The van der Waals surface area contributed by atoms with Gasteiger partial charge in [-0.05, 0) is 67.8 Å². The minimum atomic E-state index is -4.45. The standard InChI is InChI=1S/C25H31F3N2O2S/c1-18-7-11-30(12-8-18)21(22-6-3-15-33-22)17-29-23(31)24(9-13-32-14-10-24)19-4-2-5-20(16-19)25(26,27)28/h2-6,15-16,18,21H,7-14,17H2,1H3,(H,29,31). The first-order valence-corrected chi connectivity index (χ1v) is 12.5. The van der Waals surface area contributed by atoms with Gasteiger partial charge in [-0.25, -0.2) is 0 Å². The van der Waals surface area contributed by atoms with Crippen LogP contribution in [0.15, 0.2) is 41.8 Å². The average molecular weight is 481 g/mol. The molecule has 1 atom stereocenters. The van der Waals surface area contributed by atoms with Crippen molar-refractivity contribution in [2.45, 2.75) is 50.2 Å². The highest BCUT2D eigenvalue weighted by atomic mass is 32.1. The smallest absolute Gasteiger partial charge is 0.381 e. The Morgan fingerprint density at radius 1 is 1.21 bits per heavy atom. The van der Waals surface area contributed by atoms with E-state index in [1.807, 2.05) is 11.4 Å². The second kappa shape index (κ2) is 10.2. The van der Waals surface area contributed by atoms with E-state index in [2.05, 4.69) is 23.2 Å². The number of likely N-dealkylation sites (tertiary alicyclic amines) is 1. The van der Waals surface area contributed by atoms with Crippen molar-refractivity contribution < 1.29 is 22.7 Å². The van der Waals surface area contributed by atoms with Crippen LogP contribution in [0, 0.1) is 5.92 Å². The van der Waals surface area contributed by atoms with Gasteiger partial charge in [0.1, 0.15) is 0 Å². The summed E-state index contributed by atoms with van der Waals surface area (Å²) in [6.07, 6.45) is -1.47. The molecule has 0 aliphatic carbocycles. The molecule has 4 nitrogen and oxygen atoms in total. The highest BCUT2D eigenvalue weighted by molar-refractivity contribution is 7.10. The lowest BCUT2D eigenvalue weighted by Crippen LogP contribution is -2.50. The zero-order chi connectivity index (χ0) is 23.5. The van der Waals surface area contributed by atoms with E-state index in [0.717, 1.165) is 38.1 Å².